The Hall–Kier alpha value is -3.70. The van der Waals surface area contributed by atoms with E-state index < -0.39 is 6.29 Å². The molecular formula is C33H45N3O8. The van der Waals surface area contributed by atoms with Crippen molar-refractivity contribution in [3.63, 3.8) is 0 Å². The third kappa shape index (κ3) is 7.87. The lowest BCUT2D eigenvalue weighted by Gasteiger charge is -2.34. The monoisotopic (exact) mass is 611 g/mol. The fraction of sp³-hybridized carbons (Fsp3) is 0.576. The zero-order valence-corrected chi connectivity index (χ0v) is 26.2. The fourth-order valence-corrected chi connectivity index (χ4v) is 5.72. The summed E-state index contributed by atoms with van der Waals surface area (Å²) >= 11 is 0. The maximum atomic E-state index is 13.8. The number of nitrogens with zero attached hydrogens (tertiary/aromatic N) is 2. The first-order valence-corrected chi connectivity index (χ1v) is 15.5. The van der Waals surface area contributed by atoms with E-state index in [1.54, 1.807) is 38.5 Å². The second-order valence-corrected chi connectivity index (χ2v) is 11.9. The van der Waals surface area contributed by atoms with E-state index in [2.05, 4.69) is 5.32 Å². The highest BCUT2D eigenvalue weighted by Crippen LogP contribution is 2.34. The molecular weight excluding hydrogens is 566 g/mol. The van der Waals surface area contributed by atoms with Gasteiger partial charge in [0.1, 0.15) is 0 Å². The molecule has 1 N–H and O–H groups in total. The molecule has 1 saturated carbocycles. The van der Waals surface area contributed by atoms with Crippen molar-refractivity contribution in [3.8, 4) is 23.0 Å². The highest BCUT2D eigenvalue weighted by molar-refractivity contribution is 5.95. The molecule has 5 rings (SSSR count). The van der Waals surface area contributed by atoms with Crippen LogP contribution in [0.1, 0.15) is 43.5 Å². The van der Waals surface area contributed by atoms with Crippen molar-refractivity contribution in [2.24, 2.45) is 11.8 Å². The Kier molecular flexibility index (Phi) is 10.7. The van der Waals surface area contributed by atoms with E-state index in [0.29, 0.717) is 54.9 Å². The van der Waals surface area contributed by atoms with Gasteiger partial charge in [0, 0.05) is 64.0 Å². The van der Waals surface area contributed by atoms with Crippen molar-refractivity contribution in [2.75, 3.05) is 60.2 Å². The zero-order valence-electron chi connectivity index (χ0n) is 26.2. The molecule has 0 bridgehead atoms. The van der Waals surface area contributed by atoms with E-state index >= 15 is 0 Å². The Morgan fingerprint density at radius 3 is 2.43 bits per heavy atom. The van der Waals surface area contributed by atoms with Gasteiger partial charge in [0.05, 0.1) is 13.7 Å². The first-order chi connectivity index (χ1) is 21.4. The van der Waals surface area contributed by atoms with Crippen LogP contribution < -0.4 is 24.3 Å². The van der Waals surface area contributed by atoms with Crippen LogP contribution in [0.5, 0.6) is 23.0 Å². The molecule has 2 heterocycles. The van der Waals surface area contributed by atoms with Crippen LogP contribution in [-0.2, 0) is 9.47 Å². The molecule has 2 aromatic carbocycles. The third-order valence-corrected chi connectivity index (χ3v) is 8.32. The molecule has 3 aliphatic rings. The standard InChI is InChI=1S/C33H45N3O8/c1-22(2)35(32(37)23-10-13-27(40-4)30(16-23)41-15-7-14-39-3)19-24-17-34-18-25(24)20-36(26-11-12-26)33(38)44-31-21-42-28-8-5-6-9-29(28)43-31/h5-6,8-10,13,16,22,24-26,31,34H,7,11-12,14-15,17-21H2,1-4H3/t24-,25-,31+/m0/s1. The summed E-state index contributed by atoms with van der Waals surface area (Å²) in [6.45, 7) is 7.89. The number of carbonyl (C=O) groups is 2. The van der Waals surface area contributed by atoms with Gasteiger partial charge in [0.15, 0.2) is 29.6 Å². The fourth-order valence-electron chi connectivity index (χ4n) is 5.72. The van der Waals surface area contributed by atoms with Crippen molar-refractivity contribution < 1.29 is 38.0 Å². The van der Waals surface area contributed by atoms with Gasteiger partial charge in [-0.2, -0.15) is 0 Å². The molecule has 0 unspecified atom stereocenters. The van der Waals surface area contributed by atoms with Gasteiger partial charge in [-0.15, -0.1) is 0 Å². The molecule has 2 aliphatic heterocycles. The summed E-state index contributed by atoms with van der Waals surface area (Å²) in [5.41, 5.74) is 0.545. The van der Waals surface area contributed by atoms with Crippen molar-refractivity contribution in [1.82, 2.24) is 15.1 Å². The summed E-state index contributed by atoms with van der Waals surface area (Å²) in [6.07, 6.45) is 1.44. The number of hydrogen-bond acceptors (Lipinski definition) is 9. The topological polar surface area (TPSA) is 108 Å². The number of benzene rings is 2. The Morgan fingerprint density at radius 1 is 0.977 bits per heavy atom. The maximum Gasteiger partial charge on any atom is 0.413 e. The van der Waals surface area contributed by atoms with Crippen LogP contribution in [0.25, 0.3) is 0 Å². The molecule has 11 nitrogen and oxygen atoms in total. The van der Waals surface area contributed by atoms with Gasteiger partial charge in [-0.3, -0.25) is 4.79 Å². The van der Waals surface area contributed by atoms with Crippen molar-refractivity contribution >= 4 is 12.0 Å². The number of ether oxygens (including phenoxy) is 6. The molecule has 2 amide bonds. The van der Waals surface area contributed by atoms with Gasteiger partial charge < -0.3 is 43.5 Å². The molecule has 3 atom stereocenters. The summed E-state index contributed by atoms with van der Waals surface area (Å²) in [7, 11) is 3.24. The number of fused-ring (bicyclic) bond motifs is 1. The molecule has 1 aliphatic carbocycles. The molecule has 2 aromatic rings. The van der Waals surface area contributed by atoms with Crippen LogP contribution in [0.15, 0.2) is 42.5 Å². The van der Waals surface area contributed by atoms with Crippen LogP contribution in [0.2, 0.25) is 0 Å². The number of carbonyl (C=O) groups excluding carboxylic acids is 2. The second kappa shape index (κ2) is 14.9. The highest BCUT2D eigenvalue weighted by Gasteiger charge is 2.40. The number of hydrogen-bond donors (Lipinski definition) is 1. The molecule has 240 valence electrons. The van der Waals surface area contributed by atoms with Crippen molar-refractivity contribution in [2.45, 2.75) is 51.5 Å². The van der Waals surface area contributed by atoms with Crippen LogP contribution in [0.3, 0.4) is 0 Å². The van der Waals surface area contributed by atoms with Crippen LogP contribution >= 0.6 is 0 Å². The van der Waals surface area contributed by atoms with E-state index in [1.807, 2.05) is 41.8 Å². The lowest BCUT2D eigenvalue weighted by Crippen LogP contribution is -2.46. The normalized spacial score (nSPS) is 20.7. The lowest BCUT2D eigenvalue weighted by atomic mass is 9.94. The molecule has 11 heteroatoms. The summed E-state index contributed by atoms with van der Waals surface area (Å²) in [4.78, 5) is 31.0. The predicted octanol–water partition coefficient (Wildman–Crippen LogP) is 4.20. The van der Waals surface area contributed by atoms with E-state index in [1.165, 1.54) is 0 Å². The second-order valence-electron chi connectivity index (χ2n) is 11.9. The SMILES string of the molecule is COCCCOc1cc(C(=O)N(C[C@@H]2CNC[C@H]2CN(C(=O)O[C@@H]2COc3ccccc3O2)C2CC2)C(C)C)ccc1OC. The van der Waals surface area contributed by atoms with Gasteiger partial charge >= 0.3 is 6.09 Å². The first kappa shape index (κ1) is 31.7. The Morgan fingerprint density at radius 2 is 1.73 bits per heavy atom. The smallest absolute Gasteiger partial charge is 0.413 e. The summed E-state index contributed by atoms with van der Waals surface area (Å²) in [5.74, 6) is 2.59. The summed E-state index contributed by atoms with van der Waals surface area (Å²) in [6, 6.07) is 12.8. The molecule has 0 aromatic heterocycles. The molecule has 44 heavy (non-hydrogen) atoms. The minimum absolute atomic E-state index is 0.0206. The largest absolute Gasteiger partial charge is 0.493 e. The van der Waals surface area contributed by atoms with Gasteiger partial charge in [0.2, 0.25) is 0 Å². The average Bonchev–Trinajstić information content (AvgIpc) is 3.78. The quantitative estimate of drug-likeness (QED) is 0.315. The summed E-state index contributed by atoms with van der Waals surface area (Å²) in [5, 5.41) is 3.49. The van der Waals surface area contributed by atoms with Gasteiger partial charge in [-0.25, -0.2) is 4.79 Å². The molecule has 2 fully saturated rings. The van der Waals surface area contributed by atoms with Gasteiger partial charge in [-0.05, 0) is 68.9 Å². The number of nitrogens with one attached hydrogen (secondary N) is 1. The number of methoxy groups -OCH3 is 2. The van der Waals surface area contributed by atoms with E-state index in [0.717, 1.165) is 32.4 Å². The maximum absolute atomic E-state index is 13.8. The van der Waals surface area contributed by atoms with E-state index in [4.69, 9.17) is 28.4 Å². The van der Waals surface area contributed by atoms with Crippen molar-refractivity contribution in [3.05, 3.63) is 48.0 Å². The minimum Gasteiger partial charge on any atom is -0.493 e. The van der Waals surface area contributed by atoms with Crippen LogP contribution in [-0.4, -0.2) is 100 Å². The van der Waals surface area contributed by atoms with Gasteiger partial charge in [-0.1, -0.05) is 12.1 Å². The Labute approximate surface area is 259 Å². The van der Waals surface area contributed by atoms with Crippen molar-refractivity contribution in [1.29, 1.82) is 0 Å². The summed E-state index contributed by atoms with van der Waals surface area (Å²) < 4.78 is 33.9. The number of para-hydroxylation sites is 2. The first-order valence-electron chi connectivity index (χ1n) is 15.5. The Balaban J connectivity index is 1.22. The number of rotatable bonds is 14. The predicted molar refractivity (Wildman–Crippen MR) is 164 cm³/mol. The molecule has 0 radical (unpaired) electrons. The van der Waals surface area contributed by atoms with E-state index in [-0.39, 0.29) is 42.5 Å². The third-order valence-electron chi connectivity index (χ3n) is 8.32. The zero-order chi connectivity index (χ0) is 31.1. The lowest BCUT2D eigenvalue weighted by molar-refractivity contribution is -0.0858. The minimum atomic E-state index is -0.802. The number of amides is 2. The molecule has 0 spiro atoms. The highest BCUT2D eigenvalue weighted by atomic mass is 16.7. The van der Waals surface area contributed by atoms with Crippen LogP contribution in [0.4, 0.5) is 4.79 Å². The van der Waals surface area contributed by atoms with Crippen LogP contribution in [0, 0.1) is 11.8 Å². The average molecular weight is 612 g/mol. The van der Waals surface area contributed by atoms with E-state index in [9.17, 15) is 9.59 Å². The molecule has 1 saturated heterocycles. The van der Waals surface area contributed by atoms with Gasteiger partial charge in [0.25, 0.3) is 12.2 Å². The Bertz CT molecular complexity index is 1270.